The summed E-state index contributed by atoms with van der Waals surface area (Å²) in [5.41, 5.74) is 2.99. The number of aromatic nitrogens is 1. The molecule has 1 heterocycles. The normalized spacial score (nSPS) is 10.6. The van der Waals surface area contributed by atoms with E-state index in [9.17, 15) is 4.79 Å². The summed E-state index contributed by atoms with van der Waals surface area (Å²) in [5.74, 6) is 0.298. The molecule has 0 unspecified atom stereocenters. The molecule has 0 amide bonds. The lowest BCUT2D eigenvalue weighted by atomic mass is 10.1. The first-order valence-electron chi connectivity index (χ1n) is 6.28. The predicted molar refractivity (Wildman–Crippen MR) is 72.3 cm³/mol. The molecule has 1 aromatic heterocycles. The highest BCUT2D eigenvalue weighted by Gasteiger charge is 2.13. The third-order valence-corrected chi connectivity index (χ3v) is 3.00. The summed E-state index contributed by atoms with van der Waals surface area (Å²) in [5, 5.41) is 3.82. The van der Waals surface area contributed by atoms with Gasteiger partial charge in [0, 0.05) is 7.11 Å². The molecule has 0 aliphatic heterocycles. The van der Waals surface area contributed by atoms with Crippen molar-refractivity contribution in [3.05, 3.63) is 52.4 Å². The average molecular weight is 275 g/mol. The smallest absolute Gasteiger partial charge is 0.338 e. The Labute approximate surface area is 117 Å². The Balaban J connectivity index is 2.03. The minimum atomic E-state index is -0.372. The zero-order valence-electron chi connectivity index (χ0n) is 11.8. The largest absolute Gasteiger partial charge is 0.457 e. The zero-order chi connectivity index (χ0) is 14.5. The van der Waals surface area contributed by atoms with E-state index in [-0.39, 0.29) is 12.6 Å². The molecule has 2 rings (SSSR count). The second kappa shape index (κ2) is 6.34. The summed E-state index contributed by atoms with van der Waals surface area (Å²) >= 11 is 0. The highest BCUT2D eigenvalue weighted by molar-refractivity contribution is 5.89. The Morgan fingerprint density at radius 3 is 2.75 bits per heavy atom. The van der Waals surface area contributed by atoms with Crippen molar-refractivity contribution in [2.75, 3.05) is 7.11 Å². The molecule has 0 spiro atoms. The van der Waals surface area contributed by atoms with Gasteiger partial charge in [0.2, 0.25) is 0 Å². The molecule has 0 saturated heterocycles. The number of benzene rings is 1. The molecule has 0 aliphatic carbocycles. The fourth-order valence-corrected chi connectivity index (χ4v) is 1.88. The summed E-state index contributed by atoms with van der Waals surface area (Å²) < 4.78 is 15.4. The molecule has 2 aromatic rings. The second-order valence-corrected chi connectivity index (χ2v) is 4.51. The summed E-state index contributed by atoms with van der Waals surface area (Å²) in [6, 6.07) is 7.18. The van der Waals surface area contributed by atoms with E-state index >= 15 is 0 Å². The first-order chi connectivity index (χ1) is 9.61. The van der Waals surface area contributed by atoms with Gasteiger partial charge in [-0.15, -0.1) is 0 Å². The standard InChI is InChI=1S/C15H17NO4/c1-10-14(11(2)20-16-10)9-19-15(17)13-6-4-5-12(7-13)8-18-3/h4-7H,8-9H2,1-3H3. The molecule has 5 heteroatoms. The lowest BCUT2D eigenvalue weighted by Crippen LogP contribution is -2.06. The van der Waals surface area contributed by atoms with E-state index in [1.165, 1.54) is 0 Å². The maximum atomic E-state index is 12.0. The first kappa shape index (κ1) is 14.3. The summed E-state index contributed by atoms with van der Waals surface area (Å²) in [4.78, 5) is 12.0. The number of aryl methyl sites for hydroxylation is 2. The molecule has 0 aliphatic rings. The Bertz CT molecular complexity index is 584. The molecule has 0 atom stereocenters. The second-order valence-electron chi connectivity index (χ2n) is 4.51. The molecule has 5 nitrogen and oxygen atoms in total. The van der Waals surface area contributed by atoms with E-state index in [1.54, 1.807) is 32.2 Å². The van der Waals surface area contributed by atoms with E-state index in [2.05, 4.69) is 5.16 Å². The monoisotopic (exact) mass is 275 g/mol. The van der Waals surface area contributed by atoms with Crippen LogP contribution in [0.15, 0.2) is 28.8 Å². The van der Waals surface area contributed by atoms with Crippen molar-refractivity contribution in [3.8, 4) is 0 Å². The number of hydrogen-bond acceptors (Lipinski definition) is 5. The Hall–Kier alpha value is -2.14. The van der Waals surface area contributed by atoms with Gasteiger partial charge < -0.3 is 14.0 Å². The molecular weight excluding hydrogens is 258 g/mol. The SMILES string of the molecule is COCc1cccc(C(=O)OCc2c(C)noc2C)c1. The van der Waals surface area contributed by atoms with Crippen LogP contribution in [0.2, 0.25) is 0 Å². The Morgan fingerprint density at radius 2 is 2.10 bits per heavy atom. The zero-order valence-corrected chi connectivity index (χ0v) is 11.8. The maximum Gasteiger partial charge on any atom is 0.338 e. The van der Waals surface area contributed by atoms with Crippen LogP contribution in [-0.2, 0) is 22.7 Å². The van der Waals surface area contributed by atoms with Crippen LogP contribution >= 0.6 is 0 Å². The van der Waals surface area contributed by atoms with Crippen molar-refractivity contribution >= 4 is 5.97 Å². The van der Waals surface area contributed by atoms with Crippen molar-refractivity contribution in [1.82, 2.24) is 5.16 Å². The van der Waals surface area contributed by atoms with Gasteiger partial charge in [-0.25, -0.2) is 4.79 Å². The van der Waals surface area contributed by atoms with Crippen molar-refractivity contribution < 1.29 is 18.8 Å². The average Bonchev–Trinajstić information content (AvgIpc) is 2.76. The van der Waals surface area contributed by atoms with Crippen LogP contribution in [0.4, 0.5) is 0 Å². The fraction of sp³-hybridized carbons (Fsp3) is 0.333. The molecular formula is C15H17NO4. The Morgan fingerprint density at radius 1 is 1.30 bits per heavy atom. The summed E-state index contributed by atoms with van der Waals surface area (Å²) in [7, 11) is 1.61. The number of methoxy groups -OCH3 is 1. The predicted octanol–water partition coefficient (Wildman–Crippen LogP) is 2.79. The van der Waals surface area contributed by atoms with E-state index in [0.717, 1.165) is 16.8 Å². The molecule has 0 radical (unpaired) electrons. The number of esters is 1. The number of nitrogens with zero attached hydrogens (tertiary/aromatic N) is 1. The minimum absolute atomic E-state index is 0.161. The lowest BCUT2D eigenvalue weighted by Gasteiger charge is -2.06. The minimum Gasteiger partial charge on any atom is -0.457 e. The summed E-state index contributed by atoms with van der Waals surface area (Å²) in [6.07, 6.45) is 0. The van der Waals surface area contributed by atoms with Gasteiger partial charge in [-0.1, -0.05) is 17.3 Å². The third-order valence-electron chi connectivity index (χ3n) is 3.00. The van der Waals surface area contributed by atoms with Gasteiger partial charge in [-0.05, 0) is 31.5 Å². The van der Waals surface area contributed by atoms with Gasteiger partial charge in [0.1, 0.15) is 12.4 Å². The topological polar surface area (TPSA) is 61.6 Å². The first-order valence-corrected chi connectivity index (χ1v) is 6.28. The maximum absolute atomic E-state index is 12.0. The number of rotatable bonds is 5. The molecule has 1 aromatic carbocycles. The van der Waals surface area contributed by atoms with E-state index < -0.39 is 0 Å². The van der Waals surface area contributed by atoms with Crippen molar-refractivity contribution in [2.24, 2.45) is 0 Å². The van der Waals surface area contributed by atoms with Crippen LogP contribution in [0, 0.1) is 13.8 Å². The van der Waals surface area contributed by atoms with Crippen LogP contribution in [0.5, 0.6) is 0 Å². The van der Waals surface area contributed by atoms with Crippen LogP contribution in [0.1, 0.15) is 32.9 Å². The van der Waals surface area contributed by atoms with E-state index in [0.29, 0.717) is 17.9 Å². The van der Waals surface area contributed by atoms with Gasteiger partial charge in [-0.3, -0.25) is 0 Å². The molecule has 20 heavy (non-hydrogen) atoms. The Kier molecular flexibility index (Phi) is 4.53. The number of carbonyl (C=O) groups is 1. The fourth-order valence-electron chi connectivity index (χ4n) is 1.88. The van der Waals surface area contributed by atoms with Gasteiger partial charge in [-0.2, -0.15) is 0 Å². The number of hydrogen-bond donors (Lipinski definition) is 0. The van der Waals surface area contributed by atoms with Gasteiger partial charge >= 0.3 is 5.97 Å². The van der Waals surface area contributed by atoms with Crippen molar-refractivity contribution in [3.63, 3.8) is 0 Å². The van der Waals surface area contributed by atoms with Crippen LogP contribution < -0.4 is 0 Å². The molecule has 0 bridgehead atoms. The molecule has 0 fully saturated rings. The number of carbonyl (C=O) groups excluding carboxylic acids is 1. The molecule has 106 valence electrons. The highest BCUT2D eigenvalue weighted by Crippen LogP contribution is 2.15. The van der Waals surface area contributed by atoms with Crippen LogP contribution in [0.25, 0.3) is 0 Å². The van der Waals surface area contributed by atoms with Crippen molar-refractivity contribution in [2.45, 2.75) is 27.1 Å². The number of ether oxygens (including phenoxy) is 2. The highest BCUT2D eigenvalue weighted by atomic mass is 16.5. The lowest BCUT2D eigenvalue weighted by molar-refractivity contribution is 0.0470. The molecule has 0 N–H and O–H groups in total. The quantitative estimate of drug-likeness (QED) is 0.785. The van der Waals surface area contributed by atoms with Gasteiger partial charge in [0.05, 0.1) is 23.4 Å². The van der Waals surface area contributed by atoms with Gasteiger partial charge in [0.25, 0.3) is 0 Å². The van der Waals surface area contributed by atoms with Crippen LogP contribution in [0.3, 0.4) is 0 Å². The summed E-state index contributed by atoms with van der Waals surface area (Å²) in [6.45, 7) is 4.24. The van der Waals surface area contributed by atoms with Crippen LogP contribution in [-0.4, -0.2) is 18.2 Å². The molecule has 0 saturated carbocycles. The third kappa shape index (κ3) is 3.24. The van der Waals surface area contributed by atoms with E-state index in [1.807, 2.05) is 13.0 Å². The van der Waals surface area contributed by atoms with E-state index in [4.69, 9.17) is 14.0 Å². The van der Waals surface area contributed by atoms with Gasteiger partial charge in [0.15, 0.2) is 0 Å². The van der Waals surface area contributed by atoms with Crippen molar-refractivity contribution in [1.29, 1.82) is 0 Å².